The number of carbonyl (C=O) groups excluding carboxylic acids is 1. The van der Waals surface area contributed by atoms with Gasteiger partial charge in [-0.15, -0.1) is 0 Å². The van der Waals surface area contributed by atoms with Crippen LogP contribution >= 0.6 is 34.8 Å². The number of hydrogen-bond donors (Lipinski definition) is 0. The lowest BCUT2D eigenvalue weighted by atomic mass is 10.0. The standard InChI is InChI=1S/C25H18Cl3NO3/c26-17-3-1-2-15(10-17)11-23-24(30)19-6-7-22-20(25(19)32-23)13-29(14-31-22)9-8-16-4-5-18(27)12-21(16)28/h1-7,10-12H,8-9,13-14H2/b23-11-. The Bertz CT molecular complexity index is 1260. The molecule has 2 aliphatic rings. The average molecular weight is 487 g/mol. The van der Waals surface area contributed by atoms with E-state index in [1.165, 1.54) is 0 Å². The van der Waals surface area contributed by atoms with E-state index in [9.17, 15) is 4.79 Å². The van der Waals surface area contributed by atoms with Crippen LogP contribution in [0.5, 0.6) is 11.5 Å². The molecular weight excluding hydrogens is 469 g/mol. The minimum Gasteiger partial charge on any atom is -0.478 e. The van der Waals surface area contributed by atoms with Crippen LogP contribution in [-0.2, 0) is 13.0 Å². The second-order valence-corrected chi connectivity index (χ2v) is 9.01. The van der Waals surface area contributed by atoms with Gasteiger partial charge in [0, 0.05) is 28.2 Å². The summed E-state index contributed by atoms with van der Waals surface area (Å²) in [6.45, 7) is 1.81. The molecule has 0 amide bonds. The molecule has 0 saturated carbocycles. The number of ether oxygens (including phenoxy) is 2. The average Bonchev–Trinajstić information content (AvgIpc) is 3.09. The van der Waals surface area contributed by atoms with Gasteiger partial charge in [-0.25, -0.2) is 0 Å². The van der Waals surface area contributed by atoms with Gasteiger partial charge in [0.1, 0.15) is 18.2 Å². The third-order valence-corrected chi connectivity index (χ3v) is 6.36. The first kappa shape index (κ1) is 21.4. The summed E-state index contributed by atoms with van der Waals surface area (Å²) < 4.78 is 12.0. The molecule has 32 heavy (non-hydrogen) atoms. The molecule has 0 unspecified atom stereocenters. The third-order valence-electron chi connectivity index (χ3n) is 5.54. The predicted molar refractivity (Wildman–Crippen MR) is 127 cm³/mol. The fraction of sp³-hybridized carbons (Fsp3) is 0.160. The van der Waals surface area contributed by atoms with E-state index in [-0.39, 0.29) is 11.5 Å². The van der Waals surface area contributed by atoms with Crippen LogP contribution in [0.25, 0.3) is 6.08 Å². The number of Topliss-reactive ketones (excluding diaryl/α,β-unsaturated/α-hetero) is 1. The van der Waals surface area contributed by atoms with Crippen molar-refractivity contribution in [1.29, 1.82) is 0 Å². The second-order valence-electron chi connectivity index (χ2n) is 7.73. The van der Waals surface area contributed by atoms with E-state index in [1.807, 2.05) is 30.3 Å². The van der Waals surface area contributed by atoms with E-state index < -0.39 is 0 Å². The normalized spacial score (nSPS) is 16.5. The van der Waals surface area contributed by atoms with Crippen molar-refractivity contribution >= 4 is 46.7 Å². The Morgan fingerprint density at radius 2 is 1.84 bits per heavy atom. The minimum absolute atomic E-state index is 0.146. The van der Waals surface area contributed by atoms with Crippen LogP contribution in [0, 0.1) is 0 Å². The molecule has 0 radical (unpaired) electrons. The Hall–Kier alpha value is -2.50. The summed E-state index contributed by atoms with van der Waals surface area (Å²) in [5, 5.41) is 1.87. The smallest absolute Gasteiger partial charge is 0.231 e. The van der Waals surface area contributed by atoms with Crippen molar-refractivity contribution in [3.05, 3.63) is 97.7 Å². The van der Waals surface area contributed by atoms with Crippen molar-refractivity contribution in [3.8, 4) is 11.5 Å². The number of rotatable bonds is 4. The highest BCUT2D eigenvalue weighted by Gasteiger charge is 2.33. The molecule has 5 rings (SSSR count). The first-order chi connectivity index (χ1) is 15.5. The molecule has 0 fully saturated rings. The molecule has 0 spiro atoms. The van der Waals surface area contributed by atoms with Crippen LogP contribution in [0.15, 0.2) is 60.4 Å². The molecule has 3 aromatic carbocycles. The number of nitrogens with zero attached hydrogens (tertiary/aromatic N) is 1. The molecule has 0 aromatic heterocycles. The minimum atomic E-state index is -0.146. The van der Waals surface area contributed by atoms with Crippen molar-refractivity contribution in [3.63, 3.8) is 0 Å². The molecule has 0 saturated heterocycles. The van der Waals surface area contributed by atoms with Crippen molar-refractivity contribution in [1.82, 2.24) is 4.90 Å². The summed E-state index contributed by atoms with van der Waals surface area (Å²) in [6.07, 6.45) is 2.47. The van der Waals surface area contributed by atoms with Gasteiger partial charge in [-0.1, -0.05) is 53.0 Å². The first-order valence-corrected chi connectivity index (χ1v) is 11.3. The number of ketones is 1. The van der Waals surface area contributed by atoms with E-state index in [0.717, 1.165) is 35.4 Å². The summed E-state index contributed by atoms with van der Waals surface area (Å²) in [6, 6.07) is 16.4. The number of hydrogen-bond acceptors (Lipinski definition) is 4. The Morgan fingerprint density at radius 1 is 1.00 bits per heavy atom. The maximum absolute atomic E-state index is 12.9. The first-order valence-electron chi connectivity index (χ1n) is 10.1. The molecule has 2 heterocycles. The van der Waals surface area contributed by atoms with Gasteiger partial charge in [-0.05, 0) is 60.0 Å². The highest BCUT2D eigenvalue weighted by Crippen LogP contribution is 2.42. The van der Waals surface area contributed by atoms with Crippen LogP contribution in [0.1, 0.15) is 27.0 Å². The topological polar surface area (TPSA) is 38.8 Å². The monoisotopic (exact) mass is 485 g/mol. The summed E-state index contributed by atoms with van der Waals surface area (Å²) >= 11 is 18.4. The van der Waals surface area contributed by atoms with E-state index in [1.54, 1.807) is 30.3 Å². The molecule has 0 N–H and O–H groups in total. The maximum atomic E-state index is 12.9. The van der Waals surface area contributed by atoms with Gasteiger partial charge in [-0.2, -0.15) is 0 Å². The van der Waals surface area contributed by atoms with Crippen molar-refractivity contribution in [2.45, 2.75) is 13.0 Å². The molecule has 162 valence electrons. The van der Waals surface area contributed by atoms with Crippen LogP contribution in [0.2, 0.25) is 15.1 Å². The zero-order valence-electron chi connectivity index (χ0n) is 16.9. The zero-order chi connectivity index (χ0) is 22.2. The van der Waals surface area contributed by atoms with Gasteiger partial charge in [0.05, 0.1) is 11.1 Å². The Labute approximate surface area is 200 Å². The third kappa shape index (κ3) is 4.24. The summed E-state index contributed by atoms with van der Waals surface area (Å²) in [5.74, 6) is 1.44. The van der Waals surface area contributed by atoms with Crippen LogP contribution < -0.4 is 9.47 Å². The lowest BCUT2D eigenvalue weighted by Crippen LogP contribution is -2.33. The lowest BCUT2D eigenvalue weighted by Gasteiger charge is -2.29. The second kappa shape index (κ2) is 8.80. The number of carbonyl (C=O) groups is 1. The Kier molecular flexibility index (Phi) is 5.87. The van der Waals surface area contributed by atoms with Gasteiger partial charge in [-0.3, -0.25) is 9.69 Å². The fourth-order valence-corrected chi connectivity index (χ4v) is 4.60. The van der Waals surface area contributed by atoms with Gasteiger partial charge >= 0.3 is 0 Å². The Balaban J connectivity index is 1.36. The zero-order valence-corrected chi connectivity index (χ0v) is 19.2. The van der Waals surface area contributed by atoms with E-state index >= 15 is 0 Å². The van der Waals surface area contributed by atoms with Crippen LogP contribution in [0.3, 0.4) is 0 Å². The van der Waals surface area contributed by atoms with Gasteiger partial charge < -0.3 is 9.47 Å². The predicted octanol–water partition coefficient (Wildman–Crippen LogP) is 6.66. The number of fused-ring (bicyclic) bond motifs is 3. The van der Waals surface area contributed by atoms with Crippen molar-refractivity contribution < 1.29 is 14.3 Å². The van der Waals surface area contributed by atoms with Crippen molar-refractivity contribution in [2.24, 2.45) is 0 Å². The summed E-state index contributed by atoms with van der Waals surface area (Å²) in [7, 11) is 0. The summed E-state index contributed by atoms with van der Waals surface area (Å²) in [4.78, 5) is 15.1. The van der Waals surface area contributed by atoms with E-state index in [2.05, 4.69) is 4.90 Å². The molecule has 3 aromatic rings. The van der Waals surface area contributed by atoms with Crippen molar-refractivity contribution in [2.75, 3.05) is 13.3 Å². The number of benzene rings is 3. The van der Waals surface area contributed by atoms with Gasteiger partial charge in [0.15, 0.2) is 5.76 Å². The molecule has 4 nitrogen and oxygen atoms in total. The van der Waals surface area contributed by atoms with E-state index in [4.69, 9.17) is 44.3 Å². The quantitative estimate of drug-likeness (QED) is 0.387. The largest absolute Gasteiger partial charge is 0.478 e. The van der Waals surface area contributed by atoms with Gasteiger partial charge in [0.2, 0.25) is 5.78 Å². The fourth-order valence-electron chi connectivity index (χ4n) is 3.90. The molecule has 2 aliphatic heterocycles. The van der Waals surface area contributed by atoms with E-state index in [0.29, 0.717) is 39.7 Å². The number of halogens is 3. The van der Waals surface area contributed by atoms with Crippen LogP contribution in [0.4, 0.5) is 0 Å². The molecular formula is C25H18Cl3NO3. The molecule has 0 atom stereocenters. The van der Waals surface area contributed by atoms with Crippen LogP contribution in [-0.4, -0.2) is 24.0 Å². The SMILES string of the molecule is O=C1/C(=C/c2cccc(Cl)c2)Oc2c1ccc1c2CN(CCc2ccc(Cl)cc2Cl)CO1. The summed E-state index contributed by atoms with van der Waals surface area (Å²) in [5.41, 5.74) is 3.25. The Morgan fingerprint density at radius 3 is 2.66 bits per heavy atom. The molecule has 7 heteroatoms. The highest BCUT2D eigenvalue weighted by molar-refractivity contribution is 6.35. The highest BCUT2D eigenvalue weighted by atomic mass is 35.5. The number of allylic oxidation sites excluding steroid dienone is 1. The lowest BCUT2D eigenvalue weighted by molar-refractivity contribution is 0.0950. The molecule has 0 aliphatic carbocycles. The maximum Gasteiger partial charge on any atom is 0.231 e. The molecule has 0 bridgehead atoms. The van der Waals surface area contributed by atoms with Gasteiger partial charge in [0.25, 0.3) is 0 Å².